The third-order valence-electron chi connectivity index (χ3n) is 2.62. The fourth-order valence-electron chi connectivity index (χ4n) is 1.55. The predicted molar refractivity (Wildman–Crippen MR) is 73.0 cm³/mol. The molecule has 0 fully saturated rings. The first-order valence-corrected chi connectivity index (χ1v) is 6.24. The molecule has 1 nitrogen and oxygen atoms in total. The molecule has 0 unspecified atom stereocenters. The van der Waals surface area contributed by atoms with Gasteiger partial charge >= 0.3 is 0 Å². The second-order valence-corrected chi connectivity index (χ2v) is 4.60. The summed E-state index contributed by atoms with van der Waals surface area (Å²) in [5, 5.41) is 4.65. The summed E-state index contributed by atoms with van der Waals surface area (Å²) in [6, 6.07) is 5.89. The smallest absolute Gasteiger partial charge is 0.0513 e. The summed E-state index contributed by atoms with van der Waals surface area (Å²) in [7, 11) is 0. The zero-order valence-electron chi connectivity index (χ0n) is 9.69. The molecule has 0 atom stereocenters. The summed E-state index contributed by atoms with van der Waals surface area (Å²) in [6.45, 7) is 8.31. The maximum absolute atomic E-state index is 6.11. The Kier molecular flexibility index (Phi) is 5.17. The first-order chi connectivity index (χ1) is 7.58. The first kappa shape index (κ1) is 13.4. The van der Waals surface area contributed by atoms with Gasteiger partial charge in [0, 0.05) is 22.3 Å². The van der Waals surface area contributed by atoms with E-state index in [0.29, 0.717) is 16.1 Å². The van der Waals surface area contributed by atoms with Crippen molar-refractivity contribution in [3.8, 4) is 0 Å². The Hall–Kier alpha value is -0.660. The lowest BCUT2D eigenvalue weighted by atomic mass is 10.1. The van der Waals surface area contributed by atoms with Crippen molar-refractivity contribution >= 4 is 28.9 Å². The molecule has 0 amide bonds. The average molecular weight is 258 g/mol. The molecular weight excluding hydrogens is 241 g/mol. The van der Waals surface area contributed by atoms with Crippen molar-refractivity contribution < 1.29 is 0 Å². The molecule has 88 valence electrons. The maximum atomic E-state index is 6.11. The molecule has 1 rings (SSSR count). The SMILES string of the molecule is C=C(NC(CC)CC)c1ccc(Cl)cc1Cl. The number of hydrogen-bond acceptors (Lipinski definition) is 1. The molecule has 1 aromatic rings. The van der Waals surface area contributed by atoms with E-state index >= 15 is 0 Å². The quantitative estimate of drug-likeness (QED) is 0.804. The van der Waals surface area contributed by atoms with Crippen molar-refractivity contribution in [2.24, 2.45) is 0 Å². The van der Waals surface area contributed by atoms with Crippen LogP contribution in [-0.2, 0) is 0 Å². The van der Waals surface area contributed by atoms with Crippen molar-refractivity contribution in [3.63, 3.8) is 0 Å². The molecule has 3 heteroatoms. The minimum Gasteiger partial charge on any atom is -0.382 e. The van der Waals surface area contributed by atoms with Crippen molar-refractivity contribution in [2.75, 3.05) is 0 Å². The number of halogens is 2. The van der Waals surface area contributed by atoms with Crippen molar-refractivity contribution in [1.29, 1.82) is 0 Å². The van der Waals surface area contributed by atoms with Gasteiger partial charge in [-0.3, -0.25) is 0 Å². The zero-order chi connectivity index (χ0) is 12.1. The second kappa shape index (κ2) is 6.17. The van der Waals surface area contributed by atoms with Crippen LogP contribution in [0, 0.1) is 0 Å². The normalized spacial score (nSPS) is 10.6. The summed E-state index contributed by atoms with van der Waals surface area (Å²) in [4.78, 5) is 0. The van der Waals surface area contributed by atoms with Crippen LogP contribution in [0.1, 0.15) is 32.3 Å². The Balaban J connectivity index is 2.80. The van der Waals surface area contributed by atoms with Gasteiger partial charge in [0.25, 0.3) is 0 Å². The molecule has 1 N–H and O–H groups in total. The van der Waals surface area contributed by atoms with Crippen molar-refractivity contribution in [3.05, 3.63) is 40.4 Å². The van der Waals surface area contributed by atoms with Gasteiger partial charge in [-0.25, -0.2) is 0 Å². The molecule has 0 aliphatic carbocycles. The van der Waals surface area contributed by atoms with Gasteiger partial charge in [0.1, 0.15) is 0 Å². The monoisotopic (exact) mass is 257 g/mol. The Morgan fingerprint density at radius 1 is 1.31 bits per heavy atom. The van der Waals surface area contributed by atoms with E-state index in [1.165, 1.54) is 0 Å². The molecule has 16 heavy (non-hydrogen) atoms. The van der Waals surface area contributed by atoms with Crippen LogP contribution in [0.15, 0.2) is 24.8 Å². The van der Waals surface area contributed by atoms with Gasteiger partial charge in [-0.05, 0) is 31.0 Å². The summed E-state index contributed by atoms with van der Waals surface area (Å²) >= 11 is 12.0. The highest BCUT2D eigenvalue weighted by atomic mass is 35.5. The van der Waals surface area contributed by atoms with Crippen molar-refractivity contribution in [1.82, 2.24) is 5.32 Å². The molecule has 0 heterocycles. The van der Waals surface area contributed by atoms with Crippen LogP contribution in [-0.4, -0.2) is 6.04 Å². The molecule has 0 spiro atoms. The number of hydrogen-bond donors (Lipinski definition) is 1. The average Bonchev–Trinajstić information content (AvgIpc) is 2.25. The summed E-state index contributed by atoms with van der Waals surface area (Å²) < 4.78 is 0. The van der Waals surface area contributed by atoms with Crippen LogP contribution in [0.3, 0.4) is 0 Å². The van der Waals surface area contributed by atoms with Crippen LogP contribution in [0.2, 0.25) is 10.0 Å². The molecule has 0 aliphatic heterocycles. The van der Waals surface area contributed by atoms with Crippen LogP contribution in [0.5, 0.6) is 0 Å². The second-order valence-electron chi connectivity index (χ2n) is 3.76. The highest BCUT2D eigenvalue weighted by Gasteiger charge is 2.08. The van der Waals surface area contributed by atoms with Gasteiger partial charge in [0.05, 0.1) is 5.02 Å². The summed E-state index contributed by atoms with van der Waals surface area (Å²) in [6.07, 6.45) is 2.14. The van der Waals surface area contributed by atoms with Gasteiger partial charge in [-0.15, -0.1) is 0 Å². The molecule has 1 aromatic carbocycles. The van der Waals surface area contributed by atoms with Crippen LogP contribution >= 0.6 is 23.2 Å². The van der Waals surface area contributed by atoms with E-state index < -0.39 is 0 Å². The van der Waals surface area contributed by atoms with E-state index in [1.807, 2.05) is 12.1 Å². The van der Waals surface area contributed by atoms with Gasteiger partial charge in [0.15, 0.2) is 0 Å². The number of nitrogens with one attached hydrogen (secondary N) is 1. The standard InChI is InChI=1S/C13H17Cl2N/c1-4-11(5-2)16-9(3)12-7-6-10(14)8-13(12)15/h6-8,11,16H,3-5H2,1-2H3. The first-order valence-electron chi connectivity index (χ1n) is 5.49. The highest BCUT2D eigenvalue weighted by molar-refractivity contribution is 6.35. The van der Waals surface area contributed by atoms with E-state index in [9.17, 15) is 0 Å². The molecule has 0 saturated heterocycles. The molecule has 0 aromatic heterocycles. The molecular formula is C13H17Cl2N. The Labute approximate surface area is 107 Å². The Morgan fingerprint density at radius 2 is 1.94 bits per heavy atom. The highest BCUT2D eigenvalue weighted by Crippen LogP contribution is 2.25. The van der Waals surface area contributed by atoms with Gasteiger partial charge in [0.2, 0.25) is 0 Å². The summed E-state index contributed by atoms with van der Waals surface area (Å²) in [5.74, 6) is 0. The van der Waals surface area contributed by atoms with Crippen molar-refractivity contribution in [2.45, 2.75) is 32.7 Å². The van der Waals surface area contributed by atoms with Crippen LogP contribution in [0.25, 0.3) is 5.70 Å². The minimum absolute atomic E-state index is 0.444. The van der Waals surface area contributed by atoms with Gasteiger partial charge < -0.3 is 5.32 Å². The van der Waals surface area contributed by atoms with E-state index in [4.69, 9.17) is 23.2 Å². The molecule has 0 radical (unpaired) electrons. The minimum atomic E-state index is 0.444. The molecule has 0 aliphatic rings. The summed E-state index contributed by atoms with van der Waals surface area (Å²) in [5.41, 5.74) is 1.77. The lowest BCUT2D eigenvalue weighted by Gasteiger charge is -2.19. The predicted octanol–water partition coefficient (Wildman–Crippen LogP) is 4.74. The molecule has 0 bridgehead atoms. The molecule has 0 saturated carbocycles. The fraction of sp³-hybridized carbons (Fsp3) is 0.385. The Morgan fingerprint density at radius 3 is 2.44 bits per heavy atom. The van der Waals surface area contributed by atoms with Gasteiger partial charge in [-0.1, -0.05) is 43.6 Å². The lowest BCUT2D eigenvalue weighted by molar-refractivity contribution is 0.561. The third kappa shape index (κ3) is 3.43. The largest absolute Gasteiger partial charge is 0.382 e. The Bertz CT molecular complexity index is 370. The van der Waals surface area contributed by atoms with E-state index in [1.54, 1.807) is 6.07 Å². The topological polar surface area (TPSA) is 12.0 Å². The van der Waals surface area contributed by atoms with E-state index in [0.717, 1.165) is 24.1 Å². The zero-order valence-corrected chi connectivity index (χ0v) is 11.2. The fourth-order valence-corrected chi connectivity index (χ4v) is 2.07. The van der Waals surface area contributed by atoms with Gasteiger partial charge in [-0.2, -0.15) is 0 Å². The number of benzene rings is 1. The maximum Gasteiger partial charge on any atom is 0.0513 e. The van der Waals surface area contributed by atoms with E-state index in [-0.39, 0.29) is 0 Å². The van der Waals surface area contributed by atoms with Crippen LogP contribution in [0.4, 0.5) is 0 Å². The van der Waals surface area contributed by atoms with E-state index in [2.05, 4.69) is 25.7 Å². The van der Waals surface area contributed by atoms with Crippen LogP contribution < -0.4 is 5.32 Å². The third-order valence-corrected chi connectivity index (χ3v) is 3.17. The number of rotatable bonds is 5. The lowest BCUT2D eigenvalue weighted by Crippen LogP contribution is -2.25.